The van der Waals surface area contributed by atoms with E-state index in [0.717, 1.165) is 31.8 Å². The summed E-state index contributed by atoms with van der Waals surface area (Å²) in [5.74, 6) is 1.99. The summed E-state index contributed by atoms with van der Waals surface area (Å²) in [6.45, 7) is 7.89. The van der Waals surface area contributed by atoms with E-state index < -0.39 is 0 Å². The number of aromatic nitrogens is 2. The predicted molar refractivity (Wildman–Crippen MR) is 74.4 cm³/mol. The predicted octanol–water partition coefficient (Wildman–Crippen LogP) is 2.49. The maximum absolute atomic E-state index is 5.68. The van der Waals surface area contributed by atoms with Gasteiger partial charge in [-0.05, 0) is 26.7 Å². The lowest BCUT2D eigenvalue weighted by Gasteiger charge is -2.17. The van der Waals surface area contributed by atoms with Crippen molar-refractivity contribution >= 4 is 5.82 Å². The van der Waals surface area contributed by atoms with Crippen molar-refractivity contribution in [2.75, 3.05) is 18.5 Å². The molecule has 1 N–H and O–H groups in total. The van der Waals surface area contributed by atoms with Gasteiger partial charge in [0.1, 0.15) is 12.1 Å². The normalized spacial score (nSPS) is 22.7. The number of nitrogens with zero attached hydrogens (tertiary/aromatic N) is 2. The van der Waals surface area contributed by atoms with Crippen LogP contribution in [0.5, 0.6) is 5.88 Å². The minimum atomic E-state index is 0.121. The lowest BCUT2D eigenvalue weighted by molar-refractivity contribution is 0.0900. The third-order valence-corrected chi connectivity index (χ3v) is 3.29. The Balaban J connectivity index is 1.88. The summed E-state index contributed by atoms with van der Waals surface area (Å²) in [6.07, 6.45) is 4.21. The summed E-state index contributed by atoms with van der Waals surface area (Å²) >= 11 is 0. The van der Waals surface area contributed by atoms with Crippen LogP contribution in [0.2, 0.25) is 0 Å². The van der Waals surface area contributed by atoms with Crippen LogP contribution in [0.1, 0.15) is 33.6 Å². The fourth-order valence-corrected chi connectivity index (χ4v) is 2.36. The smallest absolute Gasteiger partial charge is 0.218 e. The molecule has 2 rings (SSSR count). The largest absolute Gasteiger partial charge is 0.475 e. The van der Waals surface area contributed by atoms with Gasteiger partial charge in [-0.3, -0.25) is 0 Å². The van der Waals surface area contributed by atoms with Gasteiger partial charge in [0.25, 0.3) is 0 Å². The Morgan fingerprint density at radius 1 is 1.47 bits per heavy atom. The molecule has 2 atom stereocenters. The molecule has 0 saturated carbocycles. The van der Waals surface area contributed by atoms with Crippen LogP contribution in [0.3, 0.4) is 0 Å². The zero-order valence-electron chi connectivity index (χ0n) is 11.9. The molecule has 0 bridgehead atoms. The van der Waals surface area contributed by atoms with Crippen LogP contribution < -0.4 is 10.1 Å². The van der Waals surface area contributed by atoms with E-state index in [2.05, 4.69) is 22.2 Å². The molecule has 5 nitrogen and oxygen atoms in total. The summed E-state index contributed by atoms with van der Waals surface area (Å²) in [6, 6.07) is 1.84. The highest BCUT2D eigenvalue weighted by molar-refractivity contribution is 5.37. The Hall–Kier alpha value is -1.36. The molecule has 1 aliphatic heterocycles. The Morgan fingerprint density at radius 2 is 2.32 bits per heavy atom. The van der Waals surface area contributed by atoms with Crippen molar-refractivity contribution in [2.24, 2.45) is 5.92 Å². The van der Waals surface area contributed by atoms with Crippen LogP contribution in [-0.2, 0) is 4.74 Å². The first-order valence-electron chi connectivity index (χ1n) is 7.03. The molecule has 2 heterocycles. The highest BCUT2D eigenvalue weighted by atomic mass is 16.5. The van der Waals surface area contributed by atoms with Gasteiger partial charge in [0.2, 0.25) is 5.88 Å². The molecular weight excluding hydrogens is 242 g/mol. The first-order chi connectivity index (χ1) is 9.19. The zero-order valence-corrected chi connectivity index (χ0v) is 11.9. The van der Waals surface area contributed by atoms with E-state index in [9.17, 15) is 0 Å². The van der Waals surface area contributed by atoms with E-state index >= 15 is 0 Å². The number of ether oxygens (including phenoxy) is 2. The molecule has 5 heteroatoms. The Morgan fingerprint density at radius 3 is 3.05 bits per heavy atom. The van der Waals surface area contributed by atoms with Crippen molar-refractivity contribution in [3.63, 3.8) is 0 Å². The second-order valence-corrected chi connectivity index (χ2v) is 5.16. The lowest BCUT2D eigenvalue weighted by atomic mass is 10.00. The summed E-state index contributed by atoms with van der Waals surface area (Å²) < 4.78 is 11.2. The van der Waals surface area contributed by atoms with E-state index in [1.54, 1.807) is 0 Å². The number of hydrogen-bond donors (Lipinski definition) is 1. The van der Waals surface area contributed by atoms with Crippen LogP contribution >= 0.6 is 0 Å². The van der Waals surface area contributed by atoms with Crippen LogP contribution in [0.25, 0.3) is 0 Å². The van der Waals surface area contributed by atoms with Gasteiger partial charge < -0.3 is 14.8 Å². The molecule has 0 aliphatic carbocycles. The summed E-state index contributed by atoms with van der Waals surface area (Å²) in [4.78, 5) is 8.31. The molecule has 0 radical (unpaired) electrons. The van der Waals surface area contributed by atoms with Gasteiger partial charge in [-0.15, -0.1) is 0 Å². The molecule has 2 unspecified atom stereocenters. The summed E-state index contributed by atoms with van der Waals surface area (Å²) in [5, 5.41) is 3.35. The molecule has 1 saturated heterocycles. The second-order valence-electron chi connectivity index (χ2n) is 5.16. The summed E-state index contributed by atoms with van der Waals surface area (Å²) in [7, 11) is 0. The average Bonchev–Trinajstić information content (AvgIpc) is 2.83. The van der Waals surface area contributed by atoms with Gasteiger partial charge in [0, 0.05) is 25.1 Å². The Kier molecular flexibility index (Phi) is 4.96. The maximum Gasteiger partial charge on any atom is 0.218 e. The van der Waals surface area contributed by atoms with Crippen LogP contribution in [0.15, 0.2) is 12.4 Å². The monoisotopic (exact) mass is 265 g/mol. The Labute approximate surface area is 114 Å². The lowest BCUT2D eigenvalue weighted by Crippen LogP contribution is -2.23. The van der Waals surface area contributed by atoms with Crippen molar-refractivity contribution in [3.8, 4) is 5.88 Å². The molecule has 1 aromatic heterocycles. The van der Waals surface area contributed by atoms with Crippen molar-refractivity contribution in [1.29, 1.82) is 0 Å². The van der Waals surface area contributed by atoms with Gasteiger partial charge in [0.15, 0.2) is 0 Å². The highest BCUT2D eigenvalue weighted by Crippen LogP contribution is 2.23. The minimum Gasteiger partial charge on any atom is -0.475 e. The molecule has 0 spiro atoms. The van der Waals surface area contributed by atoms with Gasteiger partial charge in [-0.1, -0.05) is 6.92 Å². The van der Waals surface area contributed by atoms with E-state index in [1.807, 2.05) is 19.9 Å². The van der Waals surface area contributed by atoms with E-state index in [0.29, 0.717) is 17.9 Å². The van der Waals surface area contributed by atoms with Crippen molar-refractivity contribution in [3.05, 3.63) is 12.4 Å². The first kappa shape index (κ1) is 14.1. The maximum atomic E-state index is 5.68. The third kappa shape index (κ3) is 4.06. The number of rotatable bonds is 6. The molecule has 19 heavy (non-hydrogen) atoms. The van der Waals surface area contributed by atoms with E-state index in [1.165, 1.54) is 6.33 Å². The zero-order chi connectivity index (χ0) is 13.7. The van der Waals surface area contributed by atoms with E-state index in [-0.39, 0.29) is 6.10 Å². The van der Waals surface area contributed by atoms with Gasteiger partial charge in [-0.2, -0.15) is 0 Å². The standard InChI is InChI=1S/C14H23N3O2/c1-4-12-11(5-6-18-12)8-15-13-7-14(17-9-16-13)19-10(2)3/h7,9-12H,4-6,8H2,1-3H3,(H,15,16,17). The van der Waals surface area contributed by atoms with Gasteiger partial charge >= 0.3 is 0 Å². The van der Waals surface area contributed by atoms with E-state index in [4.69, 9.17) is 9.47 Å². The fraction of sp³-hybridized carbons (Fsp3) is 0.714. The summed E-state index contributed by atoms with van der Waals surface area (Å²) in [5.41, 5.74) is 0. The van der Waals surface area contributed by atoms with Gasteiger partial charge in [0.05, 0.1) is 12.2 Å². The minimum absolute atomic E-state index is 0.121. The molecule has 0 aromatic carbocycles. The van der Waals surface area contributed by atoms with Crippen molar-refractivity contribution in [1.82, 2.24) is 9.97 Å². The fourth-order valence-electron chi connectivity index (χ4n) is 2.36. The molecule has 1 aromatic rings. The molecule has 1 aliphatic rings. The first-order valence-corrected chi connectivity index (χ1v) is 7.03. The Bertz CT molecular complexity index is 398. The topological polar surface area (TPSA) is 56.3 Å². The molecule has 0 amide bonds. The van der Waals surface area contributed by atoms with Crippen LogP contribution in [-0.4, -0.2) is 35.3 Å². The SMILES string of the molecule is CCC1OCCC1CNc1cc(OC(C)C)ncn1. The van der Waals surface area contributed by atoms with Crippen LogP contribution in [0.4, 0.5) is 5.82 Å². The molecular formula is C14H23N3O2. The number of hydrogen-bond acceptors (Lipinski definition) is 5. The number of nitrogens with one attached hydrogen (secondary N) is 1. The molecule has 106 valence electrons. The quantitative estimate of drug-likeness (QED) is 0.856. The van der Waals surface area contributed by atoms with Crippen LogP contribution in [0, 0.1) is 5.92 Å². The van der Waals surface area contributed by atoms with Crippen molar-refractivity contribution < 1.29 is 9.47 Å². The average molecular weight is 265 g/mol. The molecule has 1 fully saturated rings. The van der Waals surface area contributed by atoms with Crippen molar-refractivity contribution in [2.45, 2.75) is 45.8 Å². The van der Waals surface area contributed by atoms with Gasteiger partial charge in [-0.25, -0.2) is 9.97 Å². The second kappa shape index (κ2) is 6.70. The number of anilines is 1. The highest BCUT2D eigenvalue weighted by Gasteiger charge is 2.26. The third-order valence-electron chi connectivity index (χ3n) is 3.29.